The first-order chi connectivity index (χ1) is 14.4. The van der Waals surface area contributed by atoms with Crippen molar-refractivity contribution in [3.63, 3.8) is 0 Å². The lowest BCUT2D eigenvalue weighted by molar-refractivity contribution is -0.131. The Hall–Kier alpha value is -2.28. The minimum atomic E-state index is -0.786. The SMILES string of the molecule is C[C@H](Oc1nccc(C(=N)C2=C(O)[C@]3(CCCCC3=O)CCC2)n1)[C@@H]1CCCN1C. The number of hydrogen-bond donors (Lipinski definition) is 2. The van der Waals surface area contributed by atoms with Crippen molar-refractivity contribution in [3.05, 3.63) is 29.3 Å². The summed E-state index contributed by atoms with van der Waals surface area (Å²) in [5, 5.41) is 19.8. The predicted octanol–water partition coefficient (Wildman–Crippen LogP) is 3.83. The van der Waals surface area contributed by atoms with E-state index >= 15 is 0 Å². The molecule has 4 rings (SSSR count). The van der Waals surface area contributed by atoms with Gasteiger partial charge in [0.2, 0.25) is 0 Å². The van der Waals surface area contributed by atoms with Gasteiger partial charge in [-0.05, 0) is 71.5 Å². The number of ether oxygens (including phenoxy) is 1. The smallest absolute Gasteiger partial charge is 0.317 e. The van der Waals surface area contributed by atoms with Crippen LogP contribution in [0.15, 0.2) is 23.6 Å². The van der Waals surface area contributed by atoms with Crippen LogP contribution in [0.2, 0.25) is 0 Å². The van der Waals surface area contributed by atoms with Gasteiger partial charge in [0.1, 0.15) is 17.6 Å². The summed E-state index contributed by atoms with van der Waals surface area (Å²) in [7, 11) is 2.10. The average Bonchev–Trinajstić information content (AvgIpc) is 3.18. The average molecular weight is 413 g/mol. The van der Waals surface area contributed by atoms with Crippen molar-refractivity contribution in [2.75, 3.05) is 13.6 Å². The molecule has 1 saturated carbocycles. The van der Waals surface area contributed by atoms with Gasteiger partial charge in [0.05, 0.1) is 16.8 Å². The van der Waals surface area contributed by atoms with Crippen LogP contribution < -0.4 is 4.74 Å². The molecule has 1 saturated heterocycles. The minimum Gasteiger partial charge on any atom is -0.511 e. The van der Waals surface area contributed by atoms with E-state index in [9.17, 15) is 9.90 Å². The van der Waals surface area contributed by atoms with Crippen LogP contribution in [0.4, 0.5) is 0 Å². The van der Waals surface area contributed by atoms with Crippen molar-refractivity contribution in [1.29, 1.82) is 5.41 Å². The molecule has 2 fully saturated rings. The fourth-order valence-corrected chi connectivity index (χ4v) is 5.41. The standard InChI is InChI=1S/C23H32N4O3/c1-15(18-8-6-14-27(18)2)30-22-25-13-10-17(26-22)20(24)16-7-5-12-23(21(16)29)11-4-3-9-19(23)28/h10,13,15,18,24,29H,3-9,11-12,14H2,1-2H3/t15-,18-,23+/m0/s1. The van der Waals surface area contributed by atoms with Gasteiger partial charge in [0.15, 0.2) is 0 Å². The van der Waals surface area contributed by atoms with Gasteiger partial charge in [0, 0.05) is 24.2 Å². The number of Topliss-reactive ketones (excluding diaryl/α,β-unsaturated/α-hetero) is 1. The maximum Gasteiger partial charge on any atom is 0.317 e. The van der Waals surface area contributed by atoms with Crippen LogP contribution in [-0.4, -0.2) is 57.2 Å². The zero-order valence-corrected chi connectivity index (χ0v) is 18.0. The van der Waals surface area contributed by atoms with Crippen molar-refractivity contribution >= 4 is 11.5 Å². The molecule has 3 atom stereocenters. The number of hydrogen-bond acceptors (Lipinski definition) is 7. The largest absolute Gasteiger partial charge is 0.511 e. The van der Waals surface area contributed by atoms with Crippen molar-refractivity contribution in [1.82, 2.24) is 14.9 Å². The summed E-state index contributed by atoms with van der Waals surface area (Å²) in [4.78, 5) is 23.7. The lowest BCUT2D eigenvalue weighted by Crippen LogP contribution is -2.39. The van der Waals surface area contributed by atoms with Crippen molar-refractivity contribution in [3.8, 4) is 6.01 Å². The van der Waals surface area contributed by atoms with E-state index in [1.165, 1.54) is 0 Å². The van der Waals surface area contributed by atoms with Gasteiger partial charge in [-0.25, -0.2) is 4.98 Å². The summed E-state index contributed by atoms with van der Waals surface area (Å²) in [5.41, 5.74) is 0.355. The monoisotopic (exact) mass is 412 g/mol. The number of likely N-dealkylation sites (N-methyl/N-ethyl adjacent to an activating group) is 1. The summed E-state index contributed by atoms with van der Waals surface area (Å²) in [6, 6.07) is 2.26. The molecule has 0 amide bonds. The maximum absolute atomic E-state index is 12.7. The van der Waals surface area contributed by atoms with E-state index in [4.69, 9.17) is 10.1 Å². The van der Waals surface area contributed by atoms with Crippen LogP contribution >= 0.6 is 0 Å². The molecule has 1 spiro atoms. The number of aliphatic hydroxyl groups excluding tert-OH is 1. The van der Waals surface area contributed by atoms with Crippen LogP contribution in [0.5, 0.6) is 6.01 Å². The van der Waals surface area contributed by atoms with E-state index in [0.29, 0.717) is 43.0 Å². The van der Waals surface area contributed by atoms with Crippen molar-refractivity contribution in [2.24, 2.45) is 5.41 Å². The van der Waals surface area contributed by atoms with Crippen LogP contribution in [0.1, 0.15) is 70.4 Å². The Kier molecular flexibility index (Phi) is 5.91. The third-order valence-electron chi connectivity index (χ3n) is 7.16. The quantitative estimate of drug-likeness (QED) is 0.713. The Bertz CT molecular complexity index is 868. The molecule has 1 aromatic heterocycles. The normalized spacial score (nSPS) is 28.7. The highest BCUT2D eigenvalue weighted by molar-refractivity contribution is 6.10. The van der Waals surface area contributed by atoms with Gasteiger partial charge in [-0.3, -0.25) is 15.1 Å². The summed E-state index contributed by atoms with van der Waals surface area (Å²) in [6.45, 7) is 3.10. The highest BCUT2D eigenvalue weighted by Gasteiger charge is 2.46. The number of nitrogens with one attached hydrogen (secondary N) is 1. The molecule has 0 unspecified atom stereocenters. The van der Waals surface area contributed by atoms with Crippen LogP contribution in [0.3, 0.4) is 0 Å². The van der Waals surface area contributed by atoms with E-state index in [1.807, 2.05) is 6.92 Å². The molecule has 2 aliphatic carbocycles. The lowest BCUT2D eigenvalue weighted by atomic mass is 9.64. The van der Waals surface area contributed by atoms with E-state index < -0.39 is 5.41 Å². The Morgan fingerprint density at radius 2 is 2.10 bits per heavy atom. The number of allylic oxidation sites excluding steroid dienone is 2. The number of rotatable bonds is 5. The Morgan fingerprint density at radius 3 is 2.83 bits per heavy atom. The van der Waals surface area contributed by atoms with Crippen LogP contribution in [0.25, 0.3) is 0 Å². The Morgan fingerprint density at radius 1 is 1.30 bits per heavy atom. The molecule has 7 nitrogen and oxygen atoms in total. The number of carbonyl (C=O) groups excluding carboxylic acids is 1. The van der Waals surface area contributed by atoms with E-state index in [1.54, 1.807) is 12.3 Å². The Balaban J connectivity index is 1.56. The molecule has 1 aliphatic heterocycles. The topological polar surface area (TPSA) is 99.4 Å². The third kappa shape index (κ3) is 3.75. The number of ketones is 1. The van der Waals surface area contributed by atoms with Gasteiger partial charge in [-0.15, -0.1) is 0 Å². The van der Waals surface area contributed by atoms with E-state index in [-0.39, 0.29) is 29.4 Å². The number of carbonyl (C=O) groups is 1. The van der Waals surface area contributed by atoms with Gasteiger partial charge < -0.3 is 9.84 Å². The number of aromatic nitrogens is 2. The third-order valence-corrected chi connectivity index (χ3v) is 7.16. The van der Waals surface area contributed by atoms with E-state index in [0.717, 1.165) is 38.6 Å². The Labute approximate surface area is 178 Å². The van der Waals surface area contributed by atoms with Crippen molar-refractivity contribution < 1.29 is 14.6 Å². The first kappa shape index (κ1) is 21.0. The van der Waals surface area contributed by atoms with Gasteiger partial charge in [-0.2, -0.15) is 4.98 Å². The zero-order chi connectivity index (χ0) is 21.3. The van der Waals surface area contributed by atoms with Crippen molar-refractivity contribution in [2.45, 2.75) is 76.9 Å². The second kappa shape index (κ2) is 8.46. The van der Waals surface area contributed by atoms with E-state index in [2.05, 4.69) is 21.9 Å². The number of likely N-dealkylation sites (tertiary alicyclic amines) is 1. The zero-order valence-electron chi connectivity index (χ0n) is 18.0. The maximum atomic E-state index is 12.7. The molecular formula is C23H32N4O3. The molecule has 0 radical (unpaired) electrons. The van der Waals surface area contributed by atoms with Crippen LogP contribution in [0, 0.1) is 10.8 Å². The molecule has 2 N–H and O–H groups in total. The van der Waals surface area contributed by atoms with Crippen LogP contribution in [-0.2, 0) is 4.79 Å². The number of aliphatic hydroxyl groups is 1. The summed E-state index contributed by atoms with van der Waals surface area (Å²) in [5.74, 6) is 0.225. The molecule has 2 heterocycles. The molecule has 0 bridgehead atoms. The second-order valence-corrected chi connectivity index (χ2v) is 9.01. The number of nitrogens with zero attached hydrogens (tertiary/aromatic N) is 3. The fraction of sp³-hybridized carbons (Fsp3) is 0.652. The van der Waals surface area contributed by atoms with Gasteiger partial charge >= 0.3 is 6.01 Å². The molecule has 3 aliphatic rings. The fourth-order valence-electron chi connectivity index (χ4n) is 5.41. The minimum absolute atomic E-state index is 0.0487. The summed E-state index contributed by atoms with van der Waals surface area (Å²) >= 11 is 0. The summed E-state index contributed by atoms with van der Waals surface area (Å²) < 4.78 is 6.01. The molecule has 7 heteroatoms. The highest BCUT2D eigenvalue weighted by Crippen LogP contribution is 2.48. The van der Waals surface area contributed by atoms with Gasteiger partial charge in [-0.1, -0.05) is 6.42 Å². The molecular weight excluding hydrogens is 380 g/mol. The first-order valence-electron chi connectivity index (χ1n) is 11.2. The first-order valence-corrected chi connectivity index (χ1v) is 11.2. The predicted molar refractivity (Wildman–Crippen MR) is 114 cm³/mol. The lowest BCUT2D eigenvalue weighted by Gasteiger charge is -2.39. The summed E-state index contributed by atoms with van der Waals surface area (Å²) in [6.07, 6.45) is 8.89. The molecule has 162 valence electrons. The second-order valence-electron chi connectivity index (χ2n) is 9.01. The molecule has 1 aromatic rings. The van der Waals surface area contributed by atoms with Gasteiger partial charge in [0.25, 0.3) is 0 Å². The molecule has 30 heavy (non-hydrogen) atoms. The highest BCUT2D eigenvalue weighted by atomic mass is 16.5. The molecule has 0 aromatic carbocycles.